The van der Waals surface area contributed by atoms with E-state index in [1.54, 1.807) is 14.0 Å². The maximum atomic E-state index is 9.27. The molecule has 1 atom stereocenters. The lowest BCUT2D eigenvalue weighted by Crippen LogP contribution is -2.01. The number of hydrogen-bond donors (Lipinski definition) is 1. The Bertz CT molecular complexity index is 285. The number of aliphatic hydroxyl groups excluding tert-OH is 1. The van der Waals surface area contributed by atoms with Gasteiger partial charge >= 0.3 is 0 Å². The third-order valence-corrected chi connectivity index (χ3v) is 1.97. The van der Waals surface area contributed by atoms with E-state index in [1.807, 2.05) is 24.3 Å². The van der Waals surface area contributed by atoms with Crippen LogP contribution >= 0.6 is 0 Å². The molecule has 1 rings (SSSR count). The molecule has 13 heavy (non-hydrogen) atoms. The van der Waals surface area contributed by atoms with Crippen LogP contribution in [0.2, 0.25) is 0 Å². The maximum Gasteiger partial charge on any atom is 0.118 e. The zero-order valence-corrected chi connectivity index (χ0v) is 7.95. The van der Waals surface area contributed by atoms with Crippen molar-refractivity contribution in [3.63, 3.8) is 0 Å². The van der Waals surface area contributed by atoms with Gasteiger partial charge in [0.2, 0.25) is 0 Å². The van der Waals surface area contributed by atoms with Crippen molar-refractivity contribution in [2.75, 3.05) is 7.11 Å². The van der Waals surface area contributed by atoms with Crippen molar-refractivity contribution in [2.24, 2.45) is 0 Å². The van der Waals surface area contributed by atoms with Crippen LogP contribution in [-0.4, -0.2) is 18.3 Å². The van der Waals surface area contributed by atoms with E-state index in [-0.39, 0.29) is 0 Å². The minimum absolute atomic E-state index is 0.506. The van der Waals surface area contributed by atoms with Crippen LogP contribution in [0.25, 0.3) is 5.57 Å². The summed E-state index contributed by atoms with van der Waals surface area (Å²) in [5, 5.41) is 9.27. The van der Waals surface area contributed by atoms with Gasteiger partial charge in [0.1, 0.15) is 5.75 Å². The van der Waals surface area contributed by atoms with Crippen molar-refractivity contribution in [1.82, 2.24) is 0 Å². The van der Waals surface area contributed by atoms with Crippen molar-refractivity contribution in [1.29, 1.82) is 0 Å². The van der Waals surface area contributed by atoms with Gasteiger partial charge in [0.15, 0.2) is 0 Å². The second kappa shape index (κ2) is 4.10. The van der Waals surface area contributed by atoms with Crippen LogP contribution in [-0.2, 0) is 0 Å². The van der Waals surface area contributed by atoms with Gasteiger partial charge in [-0.2, -0.15) is 0 Å². The van der Waals surface area contributed by atoms with Crippen LogP contribution < -0.4 is 4.74 Å². The molecule has 2 nitrogen and oxygen atoms in total. The first-order valence-electron chi connectivity index (χ1n) is 4.16. The van der Waals surface area contributed by atoms with Gasteiger partial charge in [-0.25, -0.2) is 0 Å². The Labute approximate surface area is 78.5 Å². The van der Waals surface area contributed by atoms with Crippen LogP contribution in [0, 0.1) is 0 Å². The highest BCUT2D eigenvalue weighted by Crippen LogP contribution is 2.19. The Morgan fingerprint density at radius 1 is 1.38 bits per heavy atom. The molecule has 1 aromatic carbocycles. The maximum absolute atomic E-state index is 9.27. The van der Waals surface area contributed by atoms with Gasteiger partial charge in [-0.1, -0.05) is 18.7 Å². The summed E-state index contributed by atoms with van der Waals surface area (Å²) >= 11 is 0. The second-order valence-electron chi connectivity index (χ2n) is 2.93. The predicted octanol–water partition coefficient (Wildman–Crippen LogP) is 2.09. The molecule has 0 radical (unpaired) electrons. The molecule has 0 saturated heterocycles. The Morgan fingerprint density at radius 2 is 1.92 bits per heavy atom. The molecule has 0 fully saturated rings. The largest absolute Gasteiger partial charge is 0.497 e. The van der Waals surface area contributed by atoms with Crippen LogP contribution in [0.5, 0.6) is 5.75 Å². The molecule has 2 heteroatoms. The fourth-order valence-corrected chi connectivity index (χ4v) is 1.05. The highest BCUT2D eigenvalue weighted by atomic mass is 16.5. The predicted molar refractivity (Wildman–Crippen MR) is 53.7 cm³/mol. The van der Waals surface area contributed by atoms with E-state index in [0.29, 0.717) is 0 Å². The quantitative estimate of drug-likeness (QED) is 0.768. The normalized spacial score (nSPS) is 12.2. The summed E-state index contributed by atoms with van der Waals surface area (Å²) in [4.78, 5) is 0. The first kappa shape index (κ1) is 9.81. The molecule has 1 N–H and O–H groups in total. The summed E-state index contributed by atoms with van der Waals surface area (Å²) < 4.78 is 5.02. The third kappa shape index (κ3) is 2.33. The summed E-state index contributed by atoms with van der Waals surface area (Å²) in [6.45, 7) is 5.49. The van der Waals surface area contributed by atoms with E-state index in [0.717, 1.165) is 16.9 Å². The molecule has 0 bridgehead atoms. The van der Waals surface area contributed by atoms with E-state index in [2.05, 4.69) is 6.58 Å². The van der Waals surface area contributed by atoms with Gasteiger partial charge in [0.05, 0.1) is 13.2 Å². The van der Waals surface area contributed by atoms with Crippen molar-refractivity contribution >= 4 is 5.57 Å². The average molecular weight is 178 g/mol. The molecule has 0 aromatic heterocycles. The smallest absolute Gasteiger partial charge is 0.118 e. The Kier molecular flexibility index (Phi) is 3.09. The van der Waals surface area contributed by atoms with Gasteiger partial charge in [-0.3, -0.25) is 0 Å². The Balaban J connectivity index is 2.86. The van der Waals surface area contributed by atoms with E-state index in [4.69, 9.17) is 4.74 Å². The standard InChI is InChI=1S/C11H14O2/c1-8(9(2)12)10-4-6-11(13-3)7-5-10/h4-7,9,12H,1H2,2-3H3/t9-/m1/s1. The lowest BCUT2D eigenvalue weighted by atomic mass is 10.0. The fourth-order valence-electron chi connectivity index (χ4n) is 1.05. The fraction of sp³-hybridized carbons (Fsp3) is 0.273. The highest BCUT2D eigenvalue weighted by molar-refractivity contribution is 5.66. The van der Waals surface area contributed by atoms with Crippen LogP contribution in [0.15, 0.2) is 30.8 Å². The van der Waals surface area contributed by atoms with Crippen molar-refractivity contribution in [3.8, 4) is 5.75 Å². The van der Waals surface area contributed by atoms with E-state index >= 15 is 0 Å². The molecule has 0 aliphatic heterocycles. The molecular weight excluding hydrogens is 164 g/mol. The monoisotopic (exact) mass is 178 g/mol. The molecule has 0 aliphatic carbocycles. The summed E-state index contributed by atoms with van der Waals surface area (Å²) in [5.41, 5.74) is 1.67. The Hall–Kier alpha value is -1.28. The first-order valence-corrected chi connectivity index (χ1v) is 4.16. The molecule has 0 amide bonds. The van der Waals surface area contributed by atoms with Crippen LogP contribution in [0.3, 0.4) is 0 Å². The van der Waals surface area contributed by atoms with Gasteiger partial charge in [-0.15, -0.1) is 0 Å². The third-order valence-electron chi connectivity index (χ3n) is 1.97. The molecule has 70 valence electrons. The zero-order valence-electron chi connectivity index (χ0n) is 7.95. The summed E-state index contributed by atoms with van der Waals surface area (Å²) in [5.74, 6) is 0.808. The Morgan fingerprint density at radius 3 is 2.31 bits per heavy atom. The zero-order chi connectivity index (χ0) is 9.84. The SMILES string of the molecule is C=C(c1ccc(OC)cc1)[C@@H](C)O. The molecule has 0 spiro atoms. The molecule has 1 aromatic rings. The van der Waals surface area contributed by atoms with Crippen molar-refractivity contribution < 1.29 is 9.84 Å². The lowest BCUT2D eigenvalue weighted by Gasteiger charge is -2.09. The molecule has 0 heterocycles. The minimum atomic E-state index is -0.506. The van der Waals surface area contributed by atoms with Gasteiger partial charge < -0.3 is 9.84 Å². The average Bonchev–Trinajstić information content (AvgIpc) is 2.17. The van der Waals surface area contributed by atoms with E-state index in [9.17, 15) is 5.11 Å². The summed E-state index contributed by atoms with van der Waals surface area (Å²) in [7, 11) is 1.62. The van der Waals surface area contributed by atoms with Gasteiger partial charge in [0, 0.05) is 0 Å². The topological polar surface area (TPSA) is 29.5 Å². The lowest BCUT2D eigenvalue weighted by molar-refractivity contribution is 0.253. The van der Waals surface area contributed by atoms with Gasteiger partial charge in [0.25, 0.3) is 0 Å². The van der Waals surface area contributed by atoms with Crippen molar-refractivity contribution in [3.05, 3.63) is 36.4 Å². The summed E-state index contributed by atoms with van der Waals surface area (Å²) in [6.07, 6.45) is -0.506. The second-order valence-corrected chi connectivity index (χ2v) is 2.93. The first-order chi connectivity index (χ1) is 6.15. The van der Waals surface area contributed by atoms with Crippen LogP contribution in [0.4, 0.5) is 0 Å². The van der Waals surface area contributed by atoms with Crippen LogP contribution in [0.1, 0.15) is 12.5 Å². The minimum Gasteiger partial charge on any atom is -0.497 e. The highest BCUT2D eigenvalue weighted by Gasteiger charge is 2.04. The molecule has 0 aliphatic rings. The molecular formula is C11H14O2. The van der Waals surface area contributed by atoms with Crippen molar-refractivity contribution in [2.45, 2.75) is 13.0 Å². The van der Waals surface area contributed by atoms with E-state index in [1.165, 1.54) is 0 Å². The number of aliphatic hydroxyl groups is 1. The number of benzene rings is 1. The molecule has 0 saturated carbocycles. The number of hydrogen-bond acceptors (Lipinski definition) is 2. The number of methoxy groups -OCH3 is 1. The van der Waals surface area contributed by atoms with E-state index < -0.39 is 6.10 Å². The molecule has 0 unspecified atom stereocenters. The van der Waals surface area contributed by atoms with Gasteiger partial charge in [-0.05, 0) is 30.2 Å². The number of ether oxygens (including phenoxy) is 1. The summed E-state index contributed by atoms with van der Waals surface area (Å²) in [6, 6.07) is 7.47. The number of rotatable bonds is 3.